The van der Waals surface area contributed by atoms with E-state index >= 15 is 0 Å². The van der Waals surface area contributed by atoms with E-state index in [1.54, 1.807) is 6.21 Å². The molecule has 0 aliphatic carbocycles. The summed E-state index contributed by atoms with van der Waals surface area (Å²) in [6.07, 6.45) is 1.28. The molecular weight excluding hydrogens is 326 g/mol. The normalized spacial score (nSPS) is 11.0. The molecule has 2 aromatic carbocycles. The summed E-state index contributed by atoms with van der Waals surface area (Å²) in [5.41, 5.74) is 7.30. The van der Waals surface area contributed by atoms with Crippen LogP contribution >= 0.6 is 0 Å². The first kappa shape index (κ1) is 19.4. The molecule has 0 atom stereocenters. The smallest absolute Gasteiger partial charge is 0.249 e. The number of benzene rings is 2. The Morgan fingerprint density at radius 3 is 2.35 bits per heavy atom. The number of hydrogen-bond acceptors (Lipinski definition) is 3. The fraction of sp³-hybridized carbons (Fsp3) is 0.286. The molecule has 0 saturated carbocycles. The second-order valence-electron chi connectivity index (χ2n) is 6.66. The molecule has 0 aliphatic rings. The second kappa shape index (κ2) is 8.94. The fourth-order valence-corrected chi connectivity index (χ4v) is 2.48. The van der Waals surface area contributed by atoms with Crippen LogP contribution in [0.3, 0.4) is 0 Å². The third kappa shape index (κ3) is 5.84. The zero-order valence-corrected chi connectivity index (χ0v) is 15.7. The van der Waals surface area contributed by atoms with Crippen molar-refractivity contribution in [3.05, 3.63) is 64.7 Å². The number of rotatable bonds is 6. The highest BCUT2D eigenvalue weighted by Gasteiger charge is 2.10. The molecule has 2 amide bonds. The largest absolute Gasteiger partial charge is 0.325 e. The lowest BCUT2D eigenvalue weighted by Crippen LogP contribution is -2.24. The minimum absolute atomic E-state index is 0.281. The Bertz CT molecular complexity index is 809. The van der Waals surface area contributed by atoms with Crippen molar-refractivity contribution in [1.82, 2.24) is 5.43 Å². The molecule has 0 spiro atoms. The molecule has 26 heavy (non-hydrogen) atoms. The highest BCUT2D eigenvalue weighted by molar-refractivity contribution is 6.04. The van der Waals surface area contributed by atoms with Crippen LogP contribution in [0.2, 0.25) is 0 Å². The van der Waals surface area contributed by atoms with E-state index < -0.39 is 5.91 Å². The number of nitrogens with one attached hydrogen (secondary N) is 2. The van der Waals surface area contributed by atoms with Gasteiger partial charge in [-0.05, 0) is 42.5 Å². The zero-order valence-electron chi connectivity index (χ0n) is 15.7. The minimum atomic E-state index is -0.456. The van der Waals surface area contributed by atoms with Gasteiger partial charge in [0.25, 0.3) is 0 Å². The first-order chi connectivity index (χ1) is 12.3. The van der Waals surface area contributed by atoms with Gasteiger partial charge in [0.05, 0.1) is 6.21 Å². The minimum Gasteiger partial charge on any atom is -0.325 e. The van der Waals surface area contributed by atoms with Crippen molar-refractivity contribution in [2.24, 2.45) is 5.10 Å². The maximum Gasteiger partial charge on any atom is 0.249 e. The molecule has 0 saturated heterocycles. The third-order valence-electron chi connectivity index (χ3n) is 3.98. The highest BCUT2D eigenvalue weighted by Crippen LogP contribution is 2.16. The number of carbonyl (C=O) groups excluding carboxylic acids is 2. The van der Waals surface area contributed by atoms with Crippen LogP contribution in [0.5, 0.6) is 0 Å². The SMILES string of the molecule is Cc1ccc(NC(=O)CC(=O)NN=Cc2ccc(C(C)C)cc2)c(C)c1. The number of amides is 2. The number of hydrogen-bond donors (Lipinski definition) is 2. The Kier molecular flexibility index (Phi) is 6.67. The molecule has 5 nitrogen and oxygen atoms in total. The van der Waals surface area contributed by atoms with Gasteiger partial charge in [-0.1, -0.05) is 55.8 Å². The number of hydrazone groups is 1. The van der Waals surface area contributed by atoms with E-state index in [0.29, 0.717) is 11.6 Å². The average Bonchev–Trinajstić information content (AvgIpc) is 2.58. The maximum atomic E-state index is 12.0. The quantitative estimate of drug-likeness (QED) is 0.471. The predicted octanol–water partition coefficient (Wildman–Crippen LogP) is 3.91. The molecule has 0 aromatic heterocycles. The van der Waals surface area contributed by atoms with Crippen LogP contribution < -0.4 is 10.7 Å². The van der Waals surface area contributed by atoms with Gasteiger partial charge in [0.1, 0.15) is 6.42 Å². The molecule has 136 valence electrons. The molecule has 2 rings (SSSR count). The highest BCUT2D eigenvalue weighted by atomic mass is 16.2. The standard InChI is InChI=1S/C21H25N3O2/c1-14(2)18-8-6-17(7-9-18)13-22-24-21(26)12-20(25)23-19-10-5-15(3)11-16(19)4/h5-11,13-14H,12H2,1-4H3,(H,23,25)(H,24,26). The lowest BCUT2D eigenvalue weighted by molar-refractivity contribution is -0.126. The Morgan fingerprint density at radius 1 is 1.04 bits per heavy atom. The van der Waals surface area contributed by atoms with E-state index in [4.69, 9.17) is 0 Å². The lowest BCUT2D eigenvalue weighted by Gasteiger charge is -2.08. The van der Waals surface area contributed by atoms with Gasteiger partial charge >= 0.3 is 0 Å². The van der Waals surface area contributed by atoms with Gasteiger partial charge in [-0.3, -0.25) is 9.59 Å². The summed E-state index contributed by atoms with van der Waals surface area (Å²) in [5, 5.41) is 6.64. The molecule has 2 N–H and O–H groups in total. The summed E-state index contributed by atoms with van der Waals surface area (Å²) in [6.45, 7) is 8.16. The first-order valence-electron chi connectivity index (χ1n) is 8.64. The number of nitrogens with zero attached hydrogens (tertiary/aromatic N) is 1. The van der Waals surface area contributed by atoms with Gasteiger partial charge in [0.2, 0.25) is 11.8 Å². The molecule has 0 fully saturated rings. The van der Waals surface area contributed by atoms with Crippen molar-refractivity contribution in [3.63, 3.8) is 0 Å². The number of aryl methyl sites for hydroxylation is 2. The second-order valence-corrected chi connectivity index (χ2v) is 6.66. The Morgan fingerprint density at radius 2 is 1.73 bits per heavy atom. The Hall–Kier alpha value is -2.95. The first-order valence-corrected chi connectivity index (χ1v) is 8.64. The summed E-state index contributed by atoms with van der Waals surface area (Å²) in [4.78, 5) is 23.8. The zero-order chi connectivity index (χ0) is 19.1. The van der Waals surface area contributed by atoms with Crippen LogP contribution in [0, 0.1) is 13.8 Å². The van der Waals surface area contributed by atoms with E-state index in [-0.39, 0.29) is 12.3 Å². The lowest BCUT2D eigenvalue weighted by atomic mass is 10.0. The third-order valence-corrected chi connectivity index (χ3v) is 3.98. The van der Waals surface area contributed by atoms with Crippen LogP contribution in [-0.4, -0.2) is 18.0 Å². The van der Waals surface area contributed by atoms with Crippen molar-refractivity contribution in [2.75, 3.05) is 5.32 Å². The van der Waals surface area contributed by atoms with E-state index in [0.717, 1.165) is 16.7 Å². The van der Waals surface area contributed by atoms with E-state index in [1.807, 2.05) is 56.3 Å². The molecular formula is C21H25N3O2. The van der Waals surface area contributed by atoms with E-state index in [1.165, 1.54) is 5.56 Å². The van der Waals surface area contributed by atoms with Crippen LogP contribution in [0.15, 0.2) is 47.6 Å². The monoisotopic (exact) mass is 351 g/mol. The van der Waals surface area contributed by atoms with Gasteiger partial charge in [0, 0.05) is 5.69 Å². The molecule has 0 bridgehead atoms. The van der Waals surface area contributed by atoms with Gasteiger partial charge in [-0.2, -0.15) is 5.10 Å². The van der Waals surface area contributed by atoms with Gasteiger partial charge in [-0.25, -0.2) is 5.43 Å². The fourth-order valence-electron chi connectivity index (χ4n) is 2.48. The summed E-state index contributed by atoms with van der Waals surface area (Å²) in [7, 11) is 0. The molecule has 0 aliphatic heterocycles. The molecule has 0 unspecified atom stereocenters. The van der Waals surface area contributed by atoms with Crippen molar-refractivity contribution in [1.29, 1.82) is 0 Å². The van der Waals surface area contributed by atoms with Gasteiger partial charge in [0.15, 0.2) is 0 Å². The number of anilines is 1. The van der Waals surface area contributed by atoms with E-state index in [2.05, 4.69) is 29.7 Å². The van der Waals surface area contributed by atoms with Gasteiger partial charge < -0.3 is 5.32 Å². The molecule has 0 radical (unpaired) electrons. The molecule has 0 heterocycles. The summed E-state index contributed by atoms with van der Waals surface area (Å²) in [6, 6.07) is 13.7. The summed E-state index contributed by atoms with van der Waals surface area (Å²) < 4.78 is 0. The summed E-state index contributed by atoms with van der Waals surface area (Å²) in [5.74, 6) is -0.357. The Labute approximate surface area is 154 Å². The predicted molar refractivity (Wildman–Crippen MR) is 105 cm³/mol. The van der Waals surface area contributed by atoms with Crippen molar-refractivity contribution in [2.45, 2.75) is 40.0 Å². The van der Waals surface area contributed by atoms with Crippen LogP contribution in [0.4, 0.5) is 5.69 Å². The topological polar surface area (TPSA) is 70.6 Å². The average molecular weight is 351 g/mol. The van der Waals surface area contributed by atoms with Gasteiger partial charge in [-0.15, -0.1) is 0 Å². The van der Waals surface area contributed by atoms with Crippen LogP contribution in [0.25, 0.3) is 0 Å². The van der Waals surface area contributed by atoms with Crippen molar-refractivity contribution < 1.29 is 9.59 Å². The van der Waals surface area contributed by atoms with Crippen LogP contribution in [-0.2, 0) is 9.59 Å². The van der Waals surface area contributed by atoms with E-state index in [9.17, 15) is 9.59 Å². The van der Waals surface area contributed by atoms with Crippen molar-refractivity contribution in [3.8, 4) is 0 Å². The maximum absolute atomic E-state index is 12.0. The van der Waals surface area contributed by atoms with Crippen molar-refractivity contribution >= 4 is 23.7 Å². The summed E-state index contributed by atoms with van der Waals surface area (Å²) >= 11 is 0. The molecule has 5 heteroatoms. The number of carbonyl (C=O) groups is 2. The van der Waals surface area contributed by atoms with Crippen LogP contribution in [0.1, 0.15) is 48.4 Å². The Balaban J connectivity index is 1.83. The molecule has 2 aromatic rings.